The third-order valence-electron chi connectivity index (χ3n) is 5.10. The average molecular weight is 405 g/mol. The van der Waals surface area contributed by atoms with Crippen LogP contribution in [0.3, 0.4) is 0 Å². The first-order chi connectivity index (χ1) is 14.3. The van der Waals surface area contributed by atoms with Crippen LogP contribution in [0.1, 0.15) is 55.1 Å². The van der Waals surface area contributed by atoms with E-state index in [0.717, 1.165) is 18.4 Å². The molecule has 1 aliphatic rings. The van der Waals surface area contributed by atoms with Crippen molar-refractivity contribution in [1.29, 1.82) is 0 Å². The van der Waals surface area contributed by atoms with E-state index in [1.807, 2.05) is 49.4 Å². The Bertz CT molecular complexity index is 1010. The van der Waals surface area contributed by atoms with Gasteiger partial charge in [-0.3, -0.25) is 4.79 Å². The molecule has 30 heavy (non-hydrogen) atoms. The van der Waals surface area contributed by atoms with Gasteiger partial charge in [0.2, 0.25) is 0 Å². The summed E-state index contributed by atoms with van der Waals surface area (Å²) in [4.78, 5) is 12.8. The number of allylic oxidation sites excluding steroid dienone is 3. The first-order valence-electron chi connectivity index (χ1n) is 10.1. The summed E-state index contributed by atoms with van der Waals surface area (Å²) in [6.07, 6.45) is 10.8. The van der Waals surface area contributed by atoms with Crippen LogP contribution in [0.15, 0.2) is 60.2 Å². The number of aromatic hydroxyl groups is 1. The van der Waals surface area contributed by atoms with Gasteiger partial charge >= 0.3 is 0 Å². The fourth-order valence-corrected chi connectivity index (χ4v) is 3.43. The third-order valence-corrected chi connectivity index (χ3v) is 5.10. The number of methoxy groups -OCH3 is 1. The molecule has 4 heteroatoms. The van der Waals surface area contributed by atoms with E-state index in [-0.39, 0.29) is 22.8 Å². The minimum Gasteiger partial charge on any atom is -0.506 e. The van der Waals surface area contributed by atoms with E-state index >= 15 is 0 Å². The molecule has 0 radical (unpaired) electrons. The molecule has 0 fully saturated rings. The predicted octanol–water partition coefficient (Wildman–Crippen LogP) is 6.21. The van der Waals surface area contributed by atoms with Crippen molar-refractivity contribution in [2.75, 3.05) is 7.11 Å². The van der Waals surface area contributed by atoms with Gasteiger partial charge in [-0.25, -0.2) is 0 Å². The first kappa shape index (κ1) is 21.4. The van der Waals surface area contributed by atoms with Crippen LogP contribution in [0.4, 0.5) is 0 Å². The van der Waals surface area contributed by atoms with Gasteiger partial charge < -0.3 is 14.6 Å². The molecule has 0 aliphatic carbocycles. The number of ketones is 1. The van der Waals surface area contributed by atoms with Gasteiger partial charge in [0, 0.05) is 6.07 Å². The predicted molar refractivity (Wildman–Crippen MR) is 121 cm³/mol. The molecule has 3 rings (SSSR count). The SMILES string of the molecule is COc1cc2c(c(O)c1C(=O)/C=C/c1ccccc1)C=C[C@](C)(CCC=C(C)C)O2. The van der Waals surface area contributed by atoms with Crippen LogP contribution in [0.2, 0.25) is 0 Å². The molecule has 0 unspecified atom stereocenters. The number of benzene rings is 2. The second-order valence-corrected chi connectivity index (χ2v) is 7.89. The quantitative estimate of drug-likeness (QED) is 0.339. The normalized spacial score (nSPS) is 17.3. The van der Waals surface area contributed by atoms with Crippen molar-refractivity contribution in [1.82, 2.24) is 0 Å². The van der Waals surface area contributed by atoms with Crippen molar-refractivity contribution in [2.45, 2.75) is 39.2 Å². The van der Waals surface area contributed by atoms with E-state index in [1.165, 1.54) is 18.8 Å². The highest BCUT2D eigenvalue weighted by molar-refractivity contribution is 6.11. The van der Waals surface area contributed by atoms with Gasteiger partial charge in [0.15, 0.2) is 5.78 Å². The molecule has 0 spiro atoms. The largest absolute Gasteiger partial charge is 0.506 e. The lowest BCUT2D eigenvalue weighted by molar-refractivity contribution is 0.104. The van der Waals surface area contributed by atoms with E-state index < -0.39 is 5.60 Å². The number of phenolic OH excluding ortho intramolecular Hbond substituents is 1. The Labute approximate surface area is 178 Å². The van der Waals surface area contributed by atoms with Crippen LogP contribution >= 0.6 is 0 Å². The molecule has 0 amide bonds. The second kappa shape index (κ2) is 9.04. The summed E-state index contributed by atoms with van der Waals surface area (Å²) in [5.41, 5.74) is 2.30. The fraction of sp³-hybridized carbons (Fsp3) is 0.269. The molecule has 1 atom stereocenters. The number of carbonyl (C=O) groups is 1. The maximum Gasteiger partial charge on any atom is 0.193 e. The zero-order valence-electron chi connectivity index (χ0n) is 17.9. The van der Waals surface area contributed by atoms with Crippen LogP contribution in [-0.4, -0.2) is 23.6 Å². The average Bonchev–Trinajstić information content (AvgIpc) is 2.72. The Hall–Kier alpha value is -3.27. The van der Waals surface area contributed by atoms with Crippen molar-refractivity contribution < 1.29 is 19.4 Å². The lowest BCUT2D eigenvalue weighted by Gasteiger charge is -2.32. The van der Waals surface area contributed by atoms with Crippen LogP contribution in [0, 0.1) is 0 Å². The van der Waals surface area contributed by atoms with E-state index in [9.17, 15) is 9.90 Å². The molecule has 0 aromatic heterocycles. The zero-order chi connectivity index (χ0) is 21.7. The lowest BCUT2D eigenvalue weighted by atomic mass is 9.92. The highest BCUT2D eigenvalue weighted by atomic mass is 16.5. The Kier molecular flexibility index (Phi) is 6.46. The molecule has 0 saturated carbocycles. The molecule has 2 aromatic carbocycles. The monoisotopic (exact) mass is 404 g/mol. The minimum absolute atomic E-state index is 0.129. The van der Waals surface area contributed by atoms with Gasteiger partial charge in [-0.05, 0) is 57.4 Å². The van der Waals surface area contributed by atoms with Crippen molar-refractivity contribution in [2.24, 2.45) is 0 Å². The maximum atomic E-state index is 12.8. The highest BCUT2D eigenvalue weighted by Gasteiger charge is 2.31. The second-order valence-electron chi connectivity index (χ2n) is 7.89. The molecule has 4 nitrogen and oxygen atoms in total. The molecule has 1 aliphatic heterocycles. The van der Waals surface area contributed by atoms with Gasteiger partial charge in [-0.2, -0.15) is 0 Å². The molecule has 1 N–H and O–H groups in total. The summed E-state index contributed by atoms with van der Waals surface area (Å²) in [5.74, 6) is 0.335. The number of rotatable bonds is 7. The topological polar surface area (TPSA) is 55.8 Å². The van der Waals surface area contributed by atoms with E-state index in [1.54, 1.807) is 12.1 Å². The smallest absolute Gasteiger partial charge is 0.193 e. The maximum absolute atomic E-state index is 12.8. The van der Waals surface area contributed by atoms with E-state index in [0.29, 0.717) is 11.3 Å². The number of ether oxygens (including phenoxy) is 2. The molecule has 2 aromatic rings. The summed E-state index contributed by atoms with van der Waals surface area (Å²) >= 11 is 0. The van der Waals surface area contributed by atoms with E-state index in [4.69, 9.17) is 9.47 Å². The summed E-state index contributed by atoms with van der Waals surface area (Å²) in [5, 5.41) is 10.9. The Morgan fingerprint density at radius 2 is 1.97 bits per heavy atom. The Morgan fingerprint density at radius 3 is 2.63 bits per heavy atom. The zero-order valence-corrected chi connectivity index (χ0v) is 17.9. The van der Waals surface area contributed by atoms with Gasteiger partial charge in [0.05, 0.1) is 12.7 Å². The van der Waals surface area contributed by atoms with Crippen molar-refractivity contribution in [3.63, 3.8) is 0 Å². The molecular formula is C26H28O4. The van der Waals surface area contributed by atoms with Gasteiger partial charge in [0.25, 0.3) is 0 Å². The lowest BCUT2D eigenvalue weighted by Crippen LogP contribution is -2.31. The minimum atomic E-state index is -0.491. The molecular weight excluding hydrogens is 376 g/mol. The number of phenols is 1. The highest BCUT2D eigenvalue weighted by Crippen LogP contribution is 2.44. The fourth-order valence-electron chi connectivity index (χ4n) is 3.43. The number of hydrogen-bond acceptors (Lipinski definition) is 4. The van der Waals surface area contributed by atoms with Crippen LogP contribution in [0.5, 0.6) is 17.2 Å². The molecule has 156 valence electrons. The van der Waals surface area contributed by atoms with Crippen LogP contribution in [-0.2, 0) is 0 Å². The summed E-state index contributed by atoms with van der Waals surface area (Å²) in [6.45, 7) is 6.15. The van der Waals surface area contributed by atoms with Gasteiger partial charge in [0.1, 0.15) is 28.4 Å². The standard InChI is InChI=1S/C26H28O4/c1-18(2)9-8-15-26(3)16-14-20-22(30-26)17-23(29-4)24(25(20)28)21(27)13-12-19-10-6-5-7-11-19/h5-7,9-14,16-17,28H,8,15H2,1-4H3/b13-12+/t26-/m0/s1. The van der Waals surface area contributed by atoms with Gasteiger partial charge in [-0.1, -0.05) is 48.1 Å². The first-order valence-corrected chi connectivity index (χ1v) is 10.1. The van der Waals surface area contributed by atoms with Crippen LogP contribution < -0.4 is 9.47 Å². The van der Waals surface area contributed by atoms with Crippen LogP contribution in [0.25, 0.3) is 12.2 Å². The van der Waals surface area contributed by atoms with Crippen molar-refractivity contribution in [3.05, 3.63) is 76.9 Å². The summed E-state index contributed by atoms with van der Waals surface area (Å²) in [7, 11) is 1.48. The third kappa shape index (κ3) is 4.82. The molecule has 0 saturated heterocycles. The van der Waals surface area contributed by atoms with Crippen molar-refractivity contribution in [3.8, 4) is 17.2 Å². The number of fused-ring (bicyclic) bond motifs is 1. The number of carbonyl (C=O) groups excluding carboxylic acids is 1. The van der Waals surface area contributed by atoms with E-state index in [2.05, 4.69) is 19.9 Å². The molecule has 0 bridgehead atoms. The number of hydrogen-bond donors (Lipinski definition) is 1. The van der Waals surface area contributed by atoms with Crippen molar-refractivity contribution >= 4 is 17.9 Å². The van der Waals surface area contributed by atoms with Gasteiger partial charge in [-0.15, -0.1) is 0 Å². The summed E-state index contributed by atoms with van der Waals surface area (Å²) in [6, 6.07) is 11.2. The molecule has 1 heterocycles. The Balaban J connectivity index is 1.90. The Morgan fingerprint density at radius 1 is 1.23 bits per heavy atom. The summed E-state index contributed by atoms with van der Waals surface area (Å²) < 4.78 is 11.6.